The van der Waals surface area contributed by atoms with Crippen LogP contribution < -0.4 is 5.73 Å². The van der Waals surface area contributed by atoms with E-state index in [2.05, 4.69) is 4.98 Å². The molecule has 0 bridgehead atoms. The lowest BCUT2D eigenvalue weighted by molar-refractivity contribution is 0.0734. The number of nitrogens with one attached hydrogen (secondary N) is 1. The van der Waals surface area contributed by atoms with Gasteiger partial charge in [0.15, 0.2) is 0 Å². The molecule has 2 aromatic rings. The molecule has 3 rings (SSSR count). The van der Waals surface area contributed by atoms with Crippen molar-refractivity contribution in [2.45, 2.75) is 18.9 Å². The molecule has 1 fully saturated rings. The van der Waals surface area contributed by atoms with Crippen LogP contribution in [-0.4, -0.2) is 22.3 Å². The molecule has 104 valence electrons. The summed E-state index contributed by atoms with van der Waals surface area (Å²) in [4.78, 5) is 17.8. The molecule has 2 heterocycles. The number of carbonyl (C=O) groups excluding carboxylic acids is 1. The van der Waals surface area contributed by atoms with E-state index in [-0.39, 0.29) is 11.9 Å². The third-order valence-electron chi connectivity index (χ3n) is 3.78. The van der Waals surface area contributed by atoms with Crippen LogP contribution >= 0.6 is 11.6 Å². The van der Waals surface area contributed by atoms with Gasteiger partial charge in [0.25, 0.3) is 5.91 Å². The Hall–Kier alpha value is -1.94. The van der Waals surface area contributed by atoms with Crippen molar-refractivity contribution in [2.75, 3.05) is 12.3 Å². The van der Waals surface area contributed by atoms with E-state index in [1.807, 2.05) is 23.2 Å². The molecule has 1 aliphatic heterocycles. The monoisotopic (exact) mass is 289 g/mol. The SMILES string of the molecule is Nc1c(Cl)cccc1C(=O)N1CCCC1c1ccc[nH]1. The molecule has 1 atom stereocenters. The Morgan fingerprint density at radius 1 is 1.35 bits per heavy atom. The number of rotatable bonds is 2. The molecule has 20 heavy (non-hydrogen) atoms. The zero-order valence-corrected chi connectivity index (χ0v) is 11.7. The van der Waals surface area contributed by atoms with Gasteiger partial charge in [-0.1, -0.05) is 17.7 Å². The van der Waals surface area contributed by atoms with Crippen LogP contribution in [0.25, 0.3) is 0 Å². The minimum Gasteiger partial charge on any atom is -0.397 e. The number of para-hydroxylation sites is 1. The molecule has 1 aromatic heterocycles. The quantitative estimate of drug-likeness (QED) is 0.834. The zero-order valence-electron chi connectivity index (χ0n) is 11.0. The van der Waals surface area contributed by atoms with Crippen molar-refractivity contribution >= 4 is 23.2 Å². The Morgan fingerprint density at radius 3 is 2.95 bits per heavy atom. The highest BCUT2D eigenvalue weighted by Gasteiger charge is 2.32. The molecule has 3 N–H and O–H groups in total. The van der Waals surface area contributed by atoms with Gasteiger partial charge in [0.05, 0.1) is 22.3 Å². The summed E-state index contributed by atoms with van der Waals surface area (Å²) in [7, 11) is 0. The maximum Gasteiger partial charge on any atom is 0.256 e. The molecule has 1 amide bonds. The number of carbonyl (C=O) groups is 1. The maximum absolute atomic E-state index is 12.7. The normalized spacial score (nSPS) is 18.4. The number of halogens is 1. The van der Waals surface area contributed by atoms with Crippen molar-refractivity contribution in [1.82, 2.24) is 9.88 Å². The van der Waals surface area contributed by atoms with E-state index in [1.54, 1.807) is 18.2 Å². The zero-order chi connectivity index (χ0) is 14.1. The van der Waals surface area contributed by atoms with E-state index in [9.17, 15) is 4.79 Å². The van der Waals surface area contributed by atoms with Crippen LogP contribution in [0.3, 0.4) is 0 Å². The number of aromatic nitrogens is 1. The van der Waals surface area contributed by atoms with Crippen molar-refractivity contribution in [1.29, 1.82) is 0 Å². The summed E-state index contributed by atoms with van der Waals surface area (Å²) in [6.07, 6.45) is 3.84. The van der Waals surface area contributed by atoms with E-state index in [1.165, 1.54) is 0 Å². The average molecular weight is 290 g/mol. The first kappa shape index (κ1) is 13.1. The number of benzene rings is 1. The fourth-order valence-electron chi connectivity index (χ4n) is 2.76. The number of aromatic amines is 1. The van der Waals surface area contributed by atoms with Crippen molar-refractivity contribution in [3.8, 4) is 0 Å². The number of nitrogens with zero attached hydrogens (tertiary/aromatic N) is 1. The van der Waals surface area contributed by atoms with Gasteiger partial charge < -0.3 is 15.6 Å². The van der Waals surface area contributed by atoms with E-state index in [0.29, 0.717) is 16.3 Å². The van der Waals surface area contributed by atoms with Crippen LogP contribution in [0.1, 0.15) is 34.9 Å². The molecular weight excluding hydrogens is 274 g/mol. The number of amides is 1. The molecule has 0 radical (unpaired) electrons. The highest BCUT2D eigenvalue weighted by molar-refractivity contribution is 6.33. The second-order valence-electron chi connectivity index (χ2n) is 4.98. The number of anilines is 1. The summed E-state index contributed by atoms with van der Waals surface area (Å²) < 4.78 is 0. The number of nitrogens with two attached hydrogens (primary N) is 1. The highest BCUT2D eigenvalue weighted by atomic mass is 35.5. The summed E-state index contributed by atoms with van der Waals surface area (Å²) in [5.74, 6) is -0.0536. The average Bonchev–Trinajstić information content (AvgIpc) is 3.10. The van der Waals surface area contributed by atoms with Crippen LogP contribution in [0.2, 0.25) is 5.02 Å². The lowest BCUT2D eigenvalue weighted by Gasteiger charge is -2.24. The van der Waals surface area contributed by atoms with Crippen molar-refractivity contribution < 1.29 is 4.79 Å². The topological polar surface area (TPSA) is 62.1 Å². The maximum atomic E-state index is 12.7. The van der Waals surface area contributed by atoms with Crippen molar-refractivity contribution in [3.63, 3.8) is 0 Å². The number of hydrogen-bond donors (Lipinski definition) is 2. The van der Waals surface area contributed by atoms with E-state index < -0.39 is 0 Å². The molecule has 0 saturated carbocycles. The molecule has 0 spiro atoms. The minimum absolute atomic E-state index is 0.0536. The van der Waals surface area contributed by atoms with Crippen molar-refractivity contribution in [2.24, 2.45) is 0 Å². The fraction of sp³-hybridized carbons (Fsp3) is 0.267. The molecule has 1 aromatic carbocycles. The van der Waals surface area contributed by atoms with Gasteiger partial charge in [-0.3, -0.25) is 4.79 Å². The Balaban J connectivity index is 1.92. The third kappa shape index (κ3) is 2.16. The van der Waals surface area contributed by atoms with Gasteiger partial charge in [-0.05, 0) is 37.1 Å². The summed E-state index contributed by atoms with van der Waals surface area (Å²) in [5, 5.41) is 0.423. The highest BCUT2D eigenvalue weighted by Crippen LogP contribution is 2.34. The van der Waals surface area contributed by atoms with Gasteiger partial charge in [-0.15, -0.1) is 0 Å². The van der Waals surface area contributed by atoms with Gasteiger partial charge in [0, 0.05) is 18.4 Å². The number of nitrogen functional groups attached to an aromatic ring is 1. The largest absolute Gasteiger partial charge is 0.397 e. The van der Waals surface area contributed by atoms with Crippen LogP contribution in [0, 0.1) is 0 Å². The molecule has 1 saturated heterocycles. The third-order valence-corrected chi connectivity index (χ3v) is 4.11. The molecular formula is C15H16ClN3O. The Morgan fingerprint density at radius 2 is 2.20 bits per heavy atom. The molecule has 0 aliphatic carbocycles. The smallest absolute Gasteiger partial charge is 0.256 e. The van der Waals surface area contributed by atoms with Gasteiger partial charge >= 0.3 is 0 Å². The number of likely N-dealkylation sites (tertiary alicyclic amines) is 1. The van der Waals surface area contributed by atoms with Gasteiger partial charge in [0.2, 0.25) is 0 Å². The molecule has 5 heteroatoms. The second-order valence-corrected chi connectivity index (χ2v) is 5.39. The van der Waals surface area contributed by atoms with E-state index in [0.717, 1.165) is 25.1 Å². The number of H-pyrrole nitrogens is 1. The van der Waals surface area contributed by atoms with Gasteiger partial charge in [-0.25, -0.2) is 0 Å². The fourth-order valence-corrected chi connectivity index (χ4v) is 2.94. The van der Waals surface area contributed by atoms with Crippen LogP contribution in [-0.2, 0) is 0 Å². The summed E-state index contributed by atoms with van der Waals surface area (Å²) >= 11 is 6.00. The Labute approximate surface area is 122 Å². The molecule has 4 nitrogen and oxygen atoms in total. The lowest BCUT2D eigenvalue weighted by Crippen LogP contribution is -2.31. The summed E-state index contributed by atoms with van der Waals surface area (Å²) in [5.41, 5.74) is 7.83. The van der Waals surface area contributed by atoms with E-state index >= 15 is 0 Å². The summed E-state index contributed by atoms with van der Waals surface area (Å²) in [6.45, 7) is 0.745. The van der Waals surface area contributed by atoms with E-state index in [4.69, 9.17) is 17.3 Å². The van der Waals surface area contributed by atoms with Crippen LogP contribution in [0.15, 0.2) is 36.5 Å². The lowest BCUT2D eigenvalue weighted by atomic mass is 10.1. The predicted molar refractivity (Wildman–Crippen MR) is 79.7 cm³/mol. The van der Waals surface area contributed by atoms with Gasteiger partial charge in [0.1, 0.15) is 0 Å². The minimum atomic E-state index is -0.0536. The first-order chi connectivity index (χ1) is 9.68. The van der Waals surface area contributed by atoms with Gasteiger partial charge in [-0.2, -0.15) is 0 Å². The molecule has 1 unspecified atom stereocenters. The molecule has 1 aliphatic rings. The Bertz CT molecular complexity index is 624. The van der Waals surface area contributed by atoms with Crippen LogP contribution in [0.5, 0.6) is 0 Å². The predicted octanol–water partition coefficient (Wildman–Crippen LogP) is 3.23. The standard InChI is InChI=1S/C15H16ClN3O/c16-11-5-1-4-10(14(11)17)15(20)19-9-3-7-13(19)12-6-2-8-18-12/h1-2,4-6,8,13,18H,3,7,9,17H2. The number of hydrogen-bond acceptors (Lipinski definition) is 2. The second kappa shape index (κ2) is 5.21. The van der Waals surface area contributed by atoms with Crippen molar-refractivity contribution in [3.05, 3.63) is 52.8 Å². The Kier molecular flexibility index (Phi) is 3.40. The first-order valence-electron chi connectivity index (χ1n) is 6.66. The summed E-state index contributed by atoms with van der Waals surface area (Å²) in [6, 6.07) is 9.23. The first-order valence-corrected chi connectivity index (χ1v) is 7.04. The van der Waals surface area contributed by atoms with Crippen LogP contribution in [0.4, 0.5) is 5.69 Å².